The summed E-state index contributed by atoms with van der Waals surface area (Å²) in [5, 5.41) is 11.4. The normalized spacial score (nSPS) is 11.2. The van der Waals surface area contributed by atoms with Crippen molar-refractivity contribution >= 4 is 18.4 Å². The molecule has 2 aromatic carbocycles. The van der Waals surface area contributed by atoms with Crippen molar-refractivity contribution < 1.29 is 14.2 Å². The Morgan fingerprint density at radius 2 is 1.83 bits per heavy atom. The van der Waals surface area contributed by atoms with Crippen LogP contribution in [-0.4, -0.2) is 35.3 Å². The van der Waals surface area contributed by atoms with Gasteiger partial charge < -0.3 is 14.2 Å². The van der Waals surface area contributed by atoms with Gasteiger partial charge >= 0.3 is 0 Å². The van der Waals surface area contributed by atoms with E-state index in [4.69, 9.17) is 26.4 Å². The van der Waals surface area contributed by atoms with Crippen molar-refractivity contribution in [3.05, 3.63) is 64.2 Å². The zero-order chi connectivity index (χ0) is 20.8. The fraction of sp³-hybridized carbons (Fsp3) is 0.286. The maximum absolute atomic E-state index is 5.84. The average Bonchev–Trinajstić information content (AvgIpc) is 3.10. The summed E-state index contributed by atoms with van der Waals surface area (Å²) in [6.07, 6.45) is 1.67. The topological polar surface area (TPSA) is 73.7 Å². The van der Waals surface area contributed by atoms with Crippen LogP contribution in [0.4, 0.5) is 0 Å². The Bertz CT molecular complexity index is 1040. The lowest BCUT2D eigenvalue weighted by molar-refractivity contribution is 0.290. The number of rotatable bonds is 8. The number of aromatic amines is 1. The predicted octanol–water partition coefficient (Wildman–Crippen LogP) is 4.54. The van der Waals surface area contributed by atoms with Crippen molar-refractivity contribution in [3.63, 3.8) is 0 Å². The quantitative estimate of drug-likeness (QED) is 0.434. The van der Waals surface area contributed by atoms with Gasteiger partial charge in [0, 0.05) is 0 Å². The zero-order valence-corrected chi connectivity index (χ0v) is 17.7. The van der Waals surface area contributed by atoms with Crippen LogP contribution in [0.2, 0.25) is 0 Å². The standard InChI is InChI=1S/C21H24N4O3S/c1-14(2)16-6-8-17(9-7-16)28-13-20-23-24-21(29)25(20)22-12-15-5-10-18(26-3)19(11-15)27-4/h5-12,14H,13H2,1-4H3,(H,24,29)/b22-12-. The number of aromatic nitrogens is 3. The molecule has 3 aromatic rings. The number of benzene rings is 2. The molecule has 0 spiro atoms. The van der Waals surface area contributed by atoms with Gasteiger partial charge in [-0.3, -0.25) is 0 Å². The van der Waals surface area contributed by atoms with E-state index in [1.807, 2.05) is 30.3 Å². The maximum atomic E-state index is 5.84. The van der Waals surface area contributed by atoms with Crippen molar-refractivity contribution in [2.45, 2.75) is 26.4 Å². The largest absolute Gasteiger partial charge is 0.493 e. The van der Waals surface area contributed by atoms with Gasteiger partial charge in [-0.05, 0) is 59.6 Å². The van der Waals surface area contributed by atoms with E-state index in [1.54, 1.807) is 20.4 Å². The molecule has 0 amide bonds. The van der Waals surface area contributed by atoms with Crippen LogP contribution in [0.1, 0.15) is 36.7 Å². The lowest BCUT2D eigenvalue weighted by atomic mass is 10.0. The smallest absolute Gasteiger partial charge is 0.216 e. The second kappa shape index (κ2) is 9.38. The summed E-state index contributed by atoms with van der Waals surface area (Å²) in [4.78, 5) is 0. The van der Waals surface area contributed by atoms with E-state index in [0.717, 1.165) is 11.3 Å². The van der Waals surface area contributed by atoms with Gasteiger partial charge in [0.15, 0.2) is 17.3 Å². The van der Waals surface area contributed by atoms with Gasteiger partial charge in [-0.15, -0.1) is 0 Å². The molecule has 7 nitrogen and oxygen atoms in total. The number of nitrogens with zero attached hydrogens (tertiary/aromatic N) is 3. The monoisotopic (exact) mass is 412 g/mol. The number of hydrogen-bond acceptors (Lipinski definition) is 6. The molecule has 1 N–H and O–H groups in total. The minimum atomic E-state index is 0.234. The Morgan fingerprint density at radius 3 is 2.48 bits per heavy atom. The molecule has 0 aliphatic rings. The van der Waals surface area contributed by atoms with Gasteiger partial charge in [0.25, 0.3) is 0 Å². The van der Waals surface area contributed by atoms with E-state index >= 15 is 0 Å². The molecule has 0 unspecified atom stereocenters. The lowest BCUT2D eigenvalue weighted by Gasteiger charge is -2.09. The summed E-state index contributed by atoms with van der Waals surface area (Å²) >= 11 is 5.28. The maximum Gasteiger partial charge on any atom is 0.216 e. The highest BCUT2D eigenvalue weighted by molar-refractivity contribution is 7.71. The first-order chi connectivity index (χ1) is 14.0. The molecule has 0 aliphatic heterocycles. The number of methoxy groups -OCH3 is 2. The van der Waals surface area contributed by atoms with Crippen LogP contribution in [0.5, 0.6) is 17.2 Å². The number of ether oxygens (including phenoxy) is 3. The third kappa shape index (κ3) is 5.03. The fourth-order valence-electron chi connectivity index (χ4n) is 2.69. The van der Waals surface area contributed by atoms with Gasteiger partial charge in [0.05, 0.1) is 20.4 Å². The van der Waals surface area contributed by atoms with E-state index in [1.165, 1.54) is 10.2 Å². The second-order valence-electron chi connectivity index (χ2n) is 6.63. The molecular formula is C21H24N4O3S. The Labute approximate surface area is 174 Å². The van der Waals surface area contributed by atoms with Crippen molar-refractivity contribution in [1.29, 1.82) is 0 Å². The summed E-state index contributed by atoms with van der Waals surface area (Å²) in [5.74, 6) is 3.09. The molecule has 3 rings (SSSR count). The van der Waals surface area contributed by atoms with Crippen molar-refractivity contribution in [1.82, 2.24) is 14.9 Å². The highest BCUT2D eigenvalue weighted by atomic mass is 32.1. The van der Waals surface area contributed by atoms with Crippen LogP contribution in [0.3, 0.4) is 0 Å². The van der Waals surface area contributed by atoms with Gasteiger partial charge in [-0.1, -0.05) is 26.0 Å². The third-order valence-corrected chi connectivity index (χ3v) is 4.63. The van der Waals surface area contributed by atoms with Crippen molar-refractivity contribution in [2.75, 3.05) is 14.2 Å². The van der Waals surface area contributed by atoms with E-state index in [9.17, 15) is 0 Å². The average molecular weight is 413 g/mol. The van der Waals surface area contributed by atoms with Crippen molar-refractivity contribution in [2.24, 2.45) is 5.10 Å². The summed E-state index contributed by atoms with van der Waals surface area (Å²) in [6.45, 7) is 4.55. The molecule has 0 saturated heterocycles. The third-order valence-electron chi connectivity index (χ3n) is 4.36. The van der Waals surface area contributed by atoms with Crippen LogP contribution >= 0.6 is 12.2 Å². The summed E-state index contributed by atoms with van der Waals surface area (Å²) in [7, 11) is 3.19. The Balaban J connectivity index is 1.74. The van der Waals surface area contributed by atoms with Crippen LogP contribution in [0.25, 0.3) is 0 Å². The Hall–Kier alpha value is -3.13. The molecular weight excluding hydrogens is 388 g/mol. The van der Waals surface area contributed by atoms with Gasteiger partial charge in [-0.2, -0.15) is 14.9 Å². The molecule has 0 bridgehead atoms. The lowest BCUT2D eigenvalue weighted by Crippen LogP contribution is -2.04. The Morgan fingerprint density at radius 1 is 1.10 bits per heavy atom. The first-order valence-corrected chi connectivity index (χ1v) is 9.58. The minimum Gasteiger partial charge on any atom is -0.493 e. The molecule has 0 saturated carbocycles. The Kier molecular flexibility index (Phi) is 6.66. The van der Waals surface area contributed by atoms with E-state index < -0.39 is 0 Å². The van der Waals surface area contributed by atoms with Crippen molar-refractivity contribution in [3.8, 4) is 17.2 Å². The minimum absolute atomic E-state index is 0.234. The van der Waals surface area contributed by atoms with E-state index in [0.29, 0.717) is 28.0 Å². The van der Waals surface area contributed by atoms with Crippen LogP contribution in [0, 0.1) is 4.77 Å². The molecule has 29 heavy (non-hydrogen) atoms. The van der Waals surface area contributed by atoms with E-state index in [2.05, 4.69) is 41.3 Å². The number of H-pyrrole nitrogens is 1. The van der Waals surface area contributed by atoms with Gasteiger partial charge in [-0.25, -0.2) is 5.10 Å². The fourth-order valence-corrected chi connectivity index (χ4v) is 2.89. The van der Waals surface area contributed by atoms with Crippen LogP contribution in [0.15, 0.2) is 47.6 Å². The summed E-state index contributed by atoms with van der Waals surface area (Å²) < 4.78 is 18.3. The zero-order valence-electron chi connectivity index (χ0n) is 16.9. The van der Waals surface area contributed by atoms with E-state index in [-0.39, 0.29) is 6.61 Å². The number of hydrogen-bond donors (Lipinski definition) is 1. The molecule has 152 valence electrons. The highest BCUT2D eigenvalue weighted by Crippen LogP contribution is 2.27. The molecule has 0 radical (unpaired) electrons. The van der Waals surface area contributed by atoms with Gasteiger partial charge in [0.2, 0.25) is 4.77 Å². The summed E-state index contributed by atoms with van der Waals surface area (Å²) in [6, 6.07) is 13.6. The predicted molar refractivity (Wildman–Crippen MR) is 115 cm³/mol. The molecule has 0 fully saturated rings. The molecule has 0 atom stereocenters. The first-order valence-electron chi connectivity index (χ1n) is 9.17. The molecule has 1 heterocycles. The SMILES string of the molecule is COc1ccc(/C=N\n2c(COc3ccc(C(C)C)cc3)n[nH]c2=S)cc1OC. The first kappa shape index (κ1) is 20.6. The molecule has 8 heteroatoms. The van der Waals surface area contributed by atoms with Crippen LogP contribution in [-0.2, 0) is 6.61 Å². The molecule has 1 aromatic heterocycles. The highest BCUT2D eigenvalue weighted by Gasteiger charge is 2.08. The number of nitrogens with one attached hydrogen (secondary N) is 1. The molecule has 0 aliphatic carbocycles. The summed E-state index contributed by atoms with van der Waals surface area (Å²) in [5.41, 5.74) is 2.10. The van der Waals surface area contributed by atoms with Crippen LogP contribution < -0.4 is 14.2 Å². The van der Waals surface area contributed by atoms with Gasteiger partial charge in [0.1, 0.15) is 12.4 Å². The second-order valence-corrected chi connectivity index (χ2v) is 7.01.